The Morgan fingerprint density at radius 2 is 1.77 bits per heavy atom. The number of carbonyl (C=O) groups excluding carboxylic acids is 1. The Morgan fingerprint density at radius 1 is 1.02 bits per heavy atom. The lowest BCUT2D eigenvalue weighted by Crippen LogP contribution is -2.32. The van der Waals surface area contributed by atoms with E-state index < -0.39 is 0 Å². The Balaban J connectivity index is 1.47. The van der Waals surface area contributed by atoms with Gasteiger partial charge in [-0.2, -0.15) is 5.10 Å². The molecule has 47 heavy (non-hydrogen) atoms. The number of nitrogens with zero attached hydrogens (tertiary/aromatic N) is 3. The predicted molar refractivity (Wildman–Crippen MR) is 194 cm³/mol. The third-order valence-corrected chi connectivity index (χ3v) is 10.1. The maximum Gasteiger partial charge on any atom is 0.275 e. The van der Waals surface area contributed by atoms with Gasteiger partial charge in [-0.15, -0.1) is 0 Å². The van der Waals surface area contributed by atoms with Gasteiger partial charge in [0.2, 0.25) is 0 Å². The van der Waals surface area contributed by atoms with Crippen molar-refractivity contribution in [2.24, 2.45) is 0 Å². The summed E-state index contributed by atoms with van der Waals surface area (Å²) >= 11 is 13.4. The van der Waals surface area contributed by atoms with Crippen LogP contribution in [0.25, 0.3) is 22.0 Å². The number of amides is 1. The summed E-state index contributed by atoms with van der Waals surface area (Å²) in [7, 11) is 1.84. The number of carbonyl (C=O) groups is 1. The zero-order valence-corrected chi connectivity index (χ0v) is 29.2. The molecule has 0 saturated carbocycles. The number of fused-ring (bicyclic) bond motifs is 3. The number of nitrogens with one attached hydrogen (secondary N) is 3. The first kappa shape index (κ1) is 32.7. The second-order valence-corrected chi connectivity index (χ2v) is 13.1. The number of anilines is 2. The van der Waals surface area contributed by atoms with Gasteiger partial charge in [0.25, 0.3) is 5.91 Å². The summed E-state index contributed by atoms with van der Waals surface area (Å²) in [5.41, 5.74) is 11.6. The number of hydrogen-bond donors (Lipinski definition) is 3. The van der Waals surface area contributed by atoms with Crippen molar-refractivity contribution in [3.63, 3.8) is 0 Å². The van der Waals surface area contributed by atoms with E-state index in [2.05, 4.69) is 26.1 Å². The van der Waals surface area contributed by atoms with E-state index in [0.717, 1.165) is 89.8 Å². The van der Waals surface area contributed by atoms with Crippen molar-refractivity contribution < 1.29 is 9.53 Å². The summed E-state index contributed by atoms with van der Waals surface area (Å²) in [5, 5.41) is 21.1. The lowest BCUT2D eigenvalue weighted by atomic mass is 9.98. The Kier molecular flexibility index (Phi) is 9.09. The van der Waals surface area contributed by atoms with Crippen LogP contribution in [0.4, 0.5) is 11.4 Å². The number of H-pyrrole nitrogens is 1. The topological polar surface area (TPSA) is 99.0 Å². The van der Waals surface area contributed by atoms with E-state index in [1.54, 1.807) is 0 Å². The van der Waals surface area contributed by atoms with Crippen LogP contribution in [0.15, 0.2) is 36.4 Å². The average Bonchev–Trinajstić information content (AvgIpc) is 3.47. The maximum absolute atomic E-state index is 14.8. The number of hydrogen-bond acceptors (Lipinski definition) is 5. The summed E-state index contributed by atoms with van der Waals surface area (Å²) in [4.78, 5) is 16.7. The largest absolute Gasteiger partial charge is 0.494 e. The average molecular weight is 672 g/mol. The Bertz CT molecular complexity index is 2000. The molecule has 1 amide bonds. The first-order valence-electron chi connectivity index (χ1n) is 15.9. The highest BCUT2D eigenvalue weighted by molar-refractivity contribution is 6.35. The highest BCUT2D eigenvalue weighted by Gasteiger charge is 2.32. The number of aryl methyl sites for hydroxylation is 7. The zero-order chi connectivity index (χ0) is 33.6. The normalized spacial score (nSPS) is 13.2. The minimum atomic E-state index is -0.0506. The second-order valence-electron chi connectivity index (χ2n) is 12.4. The van der Waals surface area contributed by atoms with Crippen molar-refractivity contribution in [1.82, 2.24) is 14.8 Å². The molecule has 5 aromatic rings. The molecule has 8 nitrogen and oxygen atoms in total. The molecule has 3 N–H and O–H groups in total. The van der Waals surface area contributed by atoms with Crippen molar-refractivity contribution in [1.29, 1.82) is 5.41 Å². The fraction of sp³-hybridized carbons (Fsp3) is 0.324. The van der Waals surface area contributed by atoms with Crippen LogP contribution in [0.5, 0.6) is 5.75 Å². The van der Waals surface area contributed by atoms with Crippen LogP contribution in [-0.4, -0.2) is 47.1 Å². The van der Waals surface area contributed by atoms with Crippen molar-refractivity contribution >= 4 is 57.6 Å². The molecule has 0 saturated heterocycles. The molecule has 0 spiro atoms. The van der Waals surface area contributed by atoms with Crippen LogP contribution in [0.3, 0.4) is 0 Å². The molecule has 1 aliphatic rings. The monoisotopic (exact) mass is 670 g/mol. The van der Waals surface area contributed by atoms with E-state index in [9.17, 15) is 4.79 Å². The molecule has 0 radical (unpaired) electrons. The van der Waals surface area contributed by atoms with Crippen LogP contribution in [0.2, 0.25) is 10.0 Å². The summed E-state index contributed by atoms with van der Waals surface area (Å²) < 4.78 is 8.38. The van der Waals surface area contributed by atoms with Crippen molar-refractivity contribution in [2.45, 2.75) is 60.4 Å². The van der Waals surface area contributed by atoms with Crippen molar-refractivity contribution in [3.05, 3.63) is 91.3 Å². The van der Waals surface area contributed by atoms with Gasteiger partial charge in [0, 0.05) is 70.5 Å². The van der Waals surface area contributed by atoms with E-state index in [4.69, 9.17) is 33.3 Å². The molecule has 6 rings (SSSR count). The summed E-state index contributed by atoms with van der Waals surface area (Å²) in [6.07, 6.45) is 3.46. The first-order valence-corrected chi connectivity index (χ1v) is 16.7. The first-order chi connectivity index (χ1) is 22.5. The molecular weight excluding hydrogens is 631 g/mol. The van der Waals surface area contributed by atoms with Crippen LogP contribution in [-0.2, 0) is 13.0 Å². The number of aromatic nitrogens is 3. The van der Waals surface area contributed by atoms with Crippen LogP contribution in [0, 0.1) is 40.0 Å². The van der Waals surface area contributed by atoms with Gasteiger partial charge < -0.3 is 24.9 Å². The molecule has 0 aliphatic carbocycles. The standard InChI is InChI=1S/C37H40Cl2N6O2/c1-20-15-25(18-31(41-6)29(20)19-40)44-12-8-13-45-35-28(10-11-30(38)33(35)32-23(4)42-43-24(32)5)27(36(45)37(44)46)9-7-14-47-26-16-21(2)34(39)22(3)17-26/h10-11,15-19,40-41H,7-9,12-14H2,1-6H3,(H,42,43). The van der Waals surface area contributed by atoms with Gasteiger partial charge in [-0.25, -0.2) is 0 Å². The van der Waals surface area contributed by atoms with E-state index >= 15 is 0 Å². The molecule has 10 heteroatoms. The quantitative estimate of drug-likeness (QED) is 0.108. The van der Waals surface area contributed by atoms with Crippen molar-refractivity contribution in [3.8, 4) is 16.9 Å². The molecule has 1 aliphatic heterocycles. The molecule has 3 heterocycles. The molecule has 0 fully saturated rings. The Morgan fingerprint density at radius 3 is 2.43 bits per heavy atom. The van der Waals surface area contributed by atoms with Gasteiger partial charge in [-0.3, -0.25) is 9.89 Å². The zero-order valence-electron chi connectivity index (χ0n) is 27.7. The third-order valence-electron chi connectivity index (χ3n) is 9.21. The lowest BCUT2D eigenvalue weighted by Gasteiger charge is -2.23. The molecular formula is C37H40Cl2N6O2. The van der Waals surface area contributed by atoms with Gasteiger partial charge in [0.05, 0.1) is 22.8 Å². The van der Waals surface area contributed by atoms with E-state index in [-0.39, 0.29) is 5.91 Å². The number of ether oxygens (including phenoxy) is 1. The number of aromatic amines is 1. The van der Waals surface area contributed by atoms with Crippen LogP contribution < -0.4 is 15.0 Å². The molecule has 244 valence electrons. The minimum Gasteiger partial charge on any atom is -0.494 e. The second kappa shape index (κ2) is 13.1. The van der Waals surface area contributed by atoms with Gasteiger partial charge >= 0.3 is 0 Å². The summed E-state index contributed by atoms with van der Waals surface area (Å²) in [6, 6.07) is 11.9. The molecule has 0 atom stereocenters. The number of rotatable bonds is 9. The van der Waals surface area contributed by atoms with E-state index in [1.165, 1.54) is 6.21 Å². The molecule has 3 aromatic carbocycles. The smallest absolute Gasteiger partial charge is 0.275 e. The lowest BCUT2D eigenvalue weighted by molar-refractivity contribution is 0.0982. The highest BCUT2D eigenvalue weighted by atomic mass is 35.5. The minimum absolute atomic E-state index is 0.0506. The van der Waals surface area contributed by atoms with E-state index in [1.807, 2.05) is 76.9 Å². The van der Waals surface area contributed by atoms with E-state index in [0.29, 0.717) is 43.3 Å². The fourth-order valence-corrected chi connectivity index (χ4v) is 7.35. The van der Waals surface area contributed by atoms with Gasteiger partial charge in [-0.05, 0) is 106 Å². The van der Waals surface area contributed by atoms with Crippen LogP contribution in [0.1, 0.15) is 62.5 Å². The fourth-order valence-electron chi connectivity index (χ4n) is 7.00. The van der Waals surface area contributed by atoms with Crippen LogP contribution >= 0.6 is 23.2 Å². The van der Waals surface area contributed by atoms with Gasteiger partial charge in [-0.1, -0.05) is 29.3 Å². The predicted octanol–water partition coefficient (Wildman–Crippen LogP) is 8.98. The summed E-state index contributed by atoms with van der Waals surface area (Å²) in [5.74, 6) is 0.738. The summed E-state index contributed by atoms with van der Waals surface area (Å²) in [6.45, 7) is 11.6. The molecule has 2 aromatic heterocycles. The number of halogens is 2. The third kappa shape index (κ3) is 5.78. The maximum atomic E-state index is 14.8. The van der Waals surface area contributed by atoms with Crippen molar-refractivity contribution in [2.75, 3.05) is 30.4 Å². The highest BCUT2D eigenvalue weighted by Crippen LogP contribution is 2.43. The SMILES string of the molecule is CNc1cc(N2CCCn3c(c(CCCOc4cc(C)c(Cl)c(C)c4)c4ccc(Cl)c(-c5c(C)n[nH]c5C)c43)C2=O)cc(C)c1C=N. The van der Waals surface area contributed by atoms with Gasteiger partial charge in [0.15, 0.2) is 0 Å². The molecule has 0 unspecified atom stereocenters. The Labute approximate surface area is 285 Å². The molecule has 0 bridgehead atoms. The Hall–Kier alpha value is -4.27. The number of benzene rings is 3. The van der Waals surface area contributed by atoms with Gasteiger partial charge in [0.1, 0.15) is 11.4 Å².